The smallest absolute Gasteiger partial charge is 0.191 e. The summed E-state index contributed by atoms with van der Waals surface area (Å²) in [4.78, 5) is 4.51. The lowest BCUT2D eigenvalue weighted by atomic mass is 9.96. The van der Waals surface area contributed by atoms with Crippen molar-refractivity contribution in [2.45, 2.75) is 38.4 Å². The number of rotatable bonds is 6. The number of guanidine groups is 1. The Labute approximate surface area is 155 Å². The zero-order valence-corrected chi connectivity index (χ0v) is 16.2. The fourth-order valence-electron chi connectivity index (χ4n) is 2.48. The number of aliphatic imine (C=N–C) groups is 1. The highest BCUT2D eigenvalue weighted by Crippen LogP contribution is 2.20. The van der Waals surface area contributed by atoms with Gasteiger partial charge in [-0.15, -0.1) is 24.0 Å². The van der Waals surface area contributed by atoms with Gasteiger partial charge in [0.25, 0.3) is 0 Å². The first-order valence-corrected chi connectivity index (χ1v) is 8.03. The Morgan fingerprint density at radius 3 is 2.70 bits per heavy atom. The van der Waals surface area contributed by atoms with Gasteiger partial charge in [0.15, 0.2) is 5.96 Å². The fraction of sp³-hybridized carbons (Fsp3) is 0.588. The van der Waals surface area contributed by atoms with Crippen LogP contribution in [0.25, 0.3) is 0 Å². The average Bonchev–Trinajstić information content (AvgIpc) is 3.04. The molecular weight excluding hydrogens is 405 g/mol. The predicted octanol–water partition coefficient (Wildman–Crippen LogP) is 2.25. The molecule has 23 heavy (non-hydrogen) atoms. The summed E-state index contributed by atoms with van der Waals surface area (Å²) >= 11 is 0. The Kier molecular flexibility index (Phi) is 8.86. The molecule has 0 aromatic heterocycles. The molecule has 1 aromatic rings. The van der Waals surface area contributed by atoms with Gasteiger partial charge in [-0.2, -0.15) is 0 Å². The van der Waals surface area contributed by atoms with Crippen molar-refractivity contribution < 1.29 is 9.84 Å². The highest BCUT2D eigenvalue weighted by molar-refractivity contribution is 14.0. The zero-order chi connectivity index (χ0) is 15.8. The van der Waals surface area contributed by atoms with Crippen LogP contribution in [-0.2, 0) is 10.3 Å². The van der Waals surface area contributed by atoms with Crippen LogP contribution in [0, 0.1) is 0 Å². The molecule has 1 aliphatic heterocycles. The molecule has 130 valence electrons. The van der Waals surface area contributed by atoms with E-state index in [1.54, 1.807) is 6.92 Å². The molecule has 0 radical (unpaired) electrons. The lowest BCUT2D eigenvalue weighted by Gasteiger charge is -2.23. The highest BCUT2D eigenvalue weighted by atomic mass is 127. The molecule has 0 saturated carbocycles. The number of nitrogens with zero attached hydrogens (tertiary/aromatic N) is 1. The van der Waals surface area contributed by atoms with Gasteiger partial charge in [0, 0.05) is 19.7 Å². The molecule has 2 atom stereocenters. The average molecular weight is 433 g/mol. The van der Waals surface area contributed by atoms with Crippen molar-refractivity contribution in [3.05, 3.63) is 35.9 Å². The molecule has 0 amide bonds. The maximum Gasteiger partial charge on any atom is 0.191 e. The van der Waals surface area contributed by atoms with Crippen LogP contribution in [-0.4, -0.2) is 43.4 Å². The molecule has 0 aliphatic carbocycles. The van der Waals surface area contributed by atoms with Crippen molar-refractivity contribution in [2.24, 2.45) is 4.99 Å². The summed E-state index contributed by atoms with van der Waals surface area (Å²) < 4.78 is 5.60. The molecule has 3 N–H and O–H groups in total. The molecule has 1 heterocycles. The molecule has 6 heteroatoms. The molecule has 1 aliphatic rings. The van der Waals surface area contributed by atoms with Crippen molar-refractivity contribution in [3.63, 3.8) is 0 Å². The van der Waals surface area contributed by atoms with Crippen LogP contribution in [0.5, 0.6) is 0 Å². The highest BCUT2D eigenvalue weighted by Gasteiger charge is 2.22. The number of nitrogens with one attached hydrogen (secondary N) is 2. The summed E-state index contributed by atoms with van der Waals surface area (Å²) in [6.45, 7) is 6.50. The van der Waals surface area contributed by atoms with Gasteiger partial charge in [-0.3, -0.25) is 0 Å². The summed E-state index contributed by atoms with van der Waals surface area (Å²) in [5.41, 5.74) is -0.110. The van der Waals surface area contributed by atoms with Crippen molar-refractivity contribution in [1.29, 1.82) is 0 Å². The molecule has 0 spiro atoms. The second kappa shape index (κ2) is 10.1. The minimum atomic E-state index is -0.979. The van der Waals surface area contributed by atoms with Crippen LogP contribution >= 0.6 is 24.0 Å². The van der Waals surface area contributed by atoms with Crippen LogP contribution < -0.4 is 10.6 Å². The lowest BCUT2D eigenvalue weighted by Crippen LogP contribution is -2.42. The van der Waals surface area contributed by atoms with Crippen molar-refractivity contribution in [2.75, 3.05) is 26.2 Å². The van der Waals surface area contributed by atoms with Crippen molar-refractivity contribution in [1.82, 2.24) is 10.6 Å². The Morgan fingerprint density at radius 2 is 2.09 bits per heavy atom. The minimum Gasteiger partial charge on any atom is -0.384 e. The molecule has 5 nitrogen and oxygen atoms in total. The largest absolute Gasteiger partial charge is 0.384 e. The molecule has 2 unspecified atom stereocenters. The van der Waals surface area contributed by atoms with Crippen LogP contribution in [0.15, 0.2) is 35.3 Å². The Hall–Kier alpha value is -0.860. The summed E-state index contributed by atoms with van der Waals surface area (Å²) in [7, 11) is 0. The maximum atomic E-state index is 10.6. The normalized spacial score (nSPS) is 20.5. The van der Waals surface area contributed by atoms with Gasteiger partial charge in [0.1, 0.15) is 5.60 Å². The Balaban J connectivity index is 0.00000264. The topological polar surface area (TPSA) is 65.9 Å². The molecule has 1 fully saturated rings. The molecule has 1 saturated heterocycles. The third-order valence-electron chi connectivity index (χ3n) is 3.81. The molecule has 2 rings (SSSR count). The van der Waals surface area contributed by atoms with Gasteiger partial charge in [0.05, 0.1) is 12.6 Å². The van der Waals surface area contributed by atoms with Crippen LogP contribution in [0.2, 0.25) is 0 Å². The van der Waals surface area contributed by atoms with Gasteiger partial charge in [-0.25, -0.2) is 4.99 Å². The van der Waals surface area contributed by atoms with E-state index in [0.29, 0.717) is 12.5 Å². The number of hydrogen-bond acceptors (Lipinski definition) is 3. The number of aliphatic hydroxyl groups is 1. The van der Waals surface area contributed by atoms with Gasteiger partial charge < -0.3 is 20.5 Å². The van der Waals surface area contributed by atoms with E-state index in [2.05, 4.69) is 15.6 Å². The fourth-order valence-corrected chi connectivity index (χ4v) is 2.48. The van der Waals surface area contributed by atoms with E-state index in [1.165, 1.54) is 0 Å². The van der Waals surface area contributed by atoms with Crippen LogP contribution in [0.3, 0.4) is 0 Å². The minimum absolute atomic E-state index is 0. The van der Waals surface area contributed by atoms with Crippen molar-refractivity contribution in [3.8, 4) is 0 Å². The maximum absolute atomic E-state index is 10.6. The van der Waals surface area contributed by atoms with Crippen molar-refractivity contribution >= 4 is 29.9 Å². The van der Waals surface area contributed by atoms with Gasteiger partial charge >= 0.3 is 0 Å². The molecule has 0 bridgehead atoms. The number of hydrogen-bond donors (Lipinski definition) is 3. The van der Waals surface area contributed by atoms with E-state index in [1.807, 2.05) is 37.3 Å². The van der Waals surface area contributed by atoms with E-state index in [-0.39, 0.29) is 30.1 Å². The second-order valence-electron chi connectivity index (χ2n) is 5.85. The molecular formula is C17H28IN3O2. The van der Waals surface area contributed by atoms with Gasteiger partial charge in [-0.1, -0.05) is 30.3 Å². The first kappa shape index (κ1) is 20.2. The van der Waals surface area contributed by atoms with E-state index < -0.39 is 5.60 Å². The predicted molar refractivity (Wildman–Crippen MR) is 104 cm³/mol. The lowest BCUT2D eigenvalue weighted by molar-refractivity contribution is 0.0672. The van der Waals surface area contributed by atoms with E-state index in [9.17, 15) is 5.11 Å². The summed E-state index contributed by atoms with van der Waals surface area (Å²) in [6.07, 6.45) is 2.48. The zero-order valence-electron chi connectivity index (χ0n) is 13.9. The van der Waals surface area contributed by atoms with Crippen LogP contribution in [0.4, 0.5) is 0 Å². The summed E-state index contributed by atoms with van der Waals surface area (Å²) in [5, 5.41) is 17.1. The summed E-state index contributed by atoms with van der Waals surface area (Å²) in [5.74, 6) is 0.717. The Morgan fingerprint density at radius 1 is 1.35 bits per heavy atom. The van der Waals surface area contributed by atoms with E-state index in [4.69, 9.17) is 4.74 Å². The number of benzene rings is 1. The van der Waals surface area contributed by atoms with Gasteiger partial charge in [-0.05, 0) is 32.3 Å². The number of halogens is 1. The SMILES string of the molecule is CCNC(=NCC(C)(O)c1ccccc1)NCC1CCCO1.I. The quantitative estimate of drug-likeness (QED) is 0.366. The van der Waals surface area contributed by atoms with Gasteiger partial charge in [0.2, 0.25) is 0 Å². The molecule has 1 aromatic carbocycles. The van der Waals surface area contributed by atoms with E-state index in [0.717, 1.165) is 38.1 Å². The first-order valence-electron chi connectivity index (χ1n) is 8.03. The standard InChI is InChI=1S/C17H27N3O2.HI/c1-3-18-16(19-12-15-10-7-11-22-15)20-13-17(2,21)14-8-5-4-6-9-14;/h4-6,8-9,15,21H,3,7,10-13H2,1-2H3,(H2,18,19,20);1H. The van der Waals surface area contributed by atoms with E-state index >= 15 is 0 Å². The third kappa shape index (κ3) is 6.64. The Bertz CT molecular complexity index is 474. The van der Waals surface area contributed by atoms with Crippen LogP contribution in [0.1, 0.15) is 32.3 Å². The first-order chi connectivity index (χ1) is 10.6. The second-order valence-corrected chi connectivity index (χ2v) is 5.85. The summed E-state index contributed by atoms with van der Waals surface area (Å²) in [6, 6.07) is 9.63. The number of ether oxygens (including phenoxy) is 1. The third-order valence-corrected chi connectivity index (χ3v) is 3.81. The monoisotopic (exact) mass is 433 g/mol.